The van der Waals surface area contributed by atoms with E-state index >= 15 is 0 Å². The van der Waals surface area contributed by atoms with Crippen LogP contribution in [0.2, 0.25) is 0 Å². The van der Waals surface area contributed by atoms with Crippen LogP contribution in [-0.4, -0.2) is 31.6 Å². The molecule has 5 aromatic carbocycles. The minimum absolute atomic E-state index is 0.381. The van der Waals surface area contributed by atoms with E-state index in [0.29, 0.717) is 20.9 Å². The number of aryl methyl sites for hydroxylation is 3. The molecule has 200 valence electrons. The normalized spacial score (nSPS) is 12.1. The minimum atomic E-state index is -6.20. The van der Waals surface area contributed by atoms with Gasteiger partial charge in [0.25, 0.3) is 0 Å². The molecule has 0 saturated heterocycles. The zero-order chi connectivity index (χ0) is 28.2. The summed E-state index contributed by atoms with van der Waals surface area (Å²) in [6.07, 6.45) is 0. The van der Waals surface area contributed by atoms with Gasteiger partial charge < -0.3 is 0 Å². The first kappa shape index (κ1) is 27.5. The Morgan fingerprint density at radius 2 is 0.700 bits per heavy atom. The Bertz CT molecular complexity index is 1460. The number of hydrogen-bond acceptors (Lipinski definition) is 4. The average Bonchev–Trinajstić information content (AvgIpc) is 2.99. The Balaban J connectivity index is 1.92. The van der Waals surface area contributed by atoms with E-state index in [9.17, 15) is 9.59 Å². The van der Waals surface area contributed by atoms with Gasteiger partial charge in [-0.15, -0.1) is 0 Å². The fourth-order valence-electron chi connectivity index (χ4n) is 4.80. The van der Waals surface area contributed by atoms with Crippen molar-refractivity contribution in [2.45, 2.75) is 20.8 Å². The predicted molar refractivity (Wildman–Crippen MR) is 162 cm³/mol. The Kier molecular flexibility index (Phi) is 7.69. The van der Waals surface area contributed by atoms with Crippen molar-refractivity contribution in [2.75, 3.05) is 0 Å². The van der Waals surface area contributed by atoms with Crippen LogP contribution in [0.4, 0.5) is 0 Å². The second-order valence-electron chi connectivity index (χ2n) is 9.95. The van der Waals surface area contributed by atoms with Crippen molar-refractivity contribution in [2.24, 2.45) is 0 Å². The Morgan fingerprint density at radius 3 is 0.975 bits per heavy atom. The number of carbonyl (C=O) groups excluding carboxylic acids is 2. The molecule has 0 heterocycles. The fraction of sp³-hybridized carbons (Fsp3) is 0.0857. The standard InChI is InChI=1S/2C7H6O2.3C7H7.Bi/c2*8-7(9)6-4-2-1-3-5-6;3*1-7-5-3-2-4-6-7;/h2*1-5H,(H,8,9);3*3-6H,1H3;/q;;;;;+2/p-2. The van der Waals surface area contributed by atoms with Crippen LogP contribution in [0.15, 0.2) is 133 Å². The molecule has 0 atom stereocenters. The SMILES string of the molecule is Cc1cc[c]([Bi]([O]C(=O)c2ccccc2)([O]C(=O)c2ccccc2)([c]2ccc(C)cc2)[c]2ccc(C)cc2)cc1. The summed E-state index contributed by atoms with van der Waals surface area (Å²) in [5.41, 5.74) is 3.88. The van der Waals surface area contributed by atoms with E-state index in [4.69, 9.17) is 5.63 Å². The first-order chi connectivity index (χ1) is 19.3. The van der Waals surface area contributed by atoms with E-state index in [-0.39, 0.29) is 0 Å². The third-order valence-corrected chi connectivity index (χ3v) is 25.5. The molecule has 0 N–H and O–H groups in total. The van der Waals surface area contributed by atoms with E-state index in [0.717, 1.165) is 16.7 Å². The van der Waals surface area contributed by atoms with Crippen molar-refractivity contribution in [3.63, 3.8) is 0 Å². The molecule has 0 aromatic heterocycles. The van der Waals surface area contributed by atoms with Gasteiger partial charge in [0, 0.05) is 0 Å². The van der Waals surface area contributed by atoms with Crippen molar-refractivity contribution in [1.29, 1.82) is 0 Å². The quantitative estimate of drug-likeness (QED) is 0.201. The fourth-order valence-corrected chi connectivity index (χ4v) is 22.2. The predicted octanol–water partition coefficient (Wildman–Crippen LogP) is 5.74. The molecule has 4 nitrogen and oxygen atoms in total. The van der Waals surface area contributed by atoms with E-state index in [1.165, 1.54) is 0 Å². The zero-order valence-electron chi connectivity index (χ0n) is 22.8. The van der Waals surface area contributed by atoms with Gasteiger partial charge in [0.15, 0.2) is 0 Å². The molecular weight excluding hydrogens is 693 g/mol. The Hall–Kier alpha value is -4.08. The van der Waals surface area contributed by atoms with Gasteiger partial charge in [0.05, 0.1) is 0 Å². The van der Waals surface area contributed by atoms with Crippen LogP contribution in [-0.2, 0) is 5.63 Å². The molecule has 0 unspecified atom stereocenters. The molecule has 0 fully saturated rings. The molecule has 5 rings (SSSR count). The van der Waals surface area contributed by atoms with Gasteiger partial charge in [-0.05, 0) is 0 Å². The van der Waals surface area contributed by atoms with Crippen LogP contribution in [0.5, 0.6) is 0 Å². The van der Waals surface area contributed by atoms with Gasteiger partial charge in [-0.1, -0.05) is 0 Å². The third kappa shape index (κ3) is 4.98. The first-order valence-electron chi connectivity index (χ1n) is 13.1. The molecule has 40 heavy (non-hydrogen) atoms. The molecule has 0 radical (unpaired) electrons. The molecule has 0 aliphatic heterocycles. The molecule has 0 aliphatic carbocycles. The summed E-state index contributed by atoms with van der Waals surface area (Å²) in [5.74, 6) is -1.09. The molecule has 0 spiro atoms. The van der Waals surface area contributed by atoms with Crippen molar-refractivity contribution >= 4 is 41.4 Å². The van der Waals surface area contributed by atoms with Crippen molar-refractivity contribution in [3.8, 4) is 0 Å². The van der Waals surface area contributed by atoms with Gasteiger partial charge in [-0.2, -0.15) is 0 Å². The van der Waals surface area contributed by atoms with Crippen LogP contribution < -0.4 is 9.81 Å². The molecular formula is C35H31BiO4. The molecule has 5 heteroatoms. The van der Waals surface area contributed by atoms with E-state index < -0.39 is 31.6 Å². The molecule has 0 bridgehead atoms. The second kappa shape index (κ2) is 11.2. The van der Waals surface area contributed by atoms with Crippen LogP contribution in [0.3, 0.4) is 0 Å². The number of carbonyl (C=O) groups is 2. The monoisotopic (exact) mass is 724 g/mol. The van der Waals surface area contributed by atoms with Crippen LogP contribution in [0.1, 0.15) is 37.4 Å². The summed E-state index contributed by atoms with van der Waals surface area (Å²) in [7, 11) is 0. The van der Waals surface area contributed by atoms with E-state index in [2.05, 4.69) is 0 Å². The molecule has 0 saturated carbocycles. The maximum atomic E-state index is 14.1. The third-order valence-electron chi connectivity index (χ3n) is 7.04. The van der Waals surface area contributed by atoms with Crippen molar-refractivity contribution < 1.29 is 15.2 Å². The number of hydrogen-bond donors (Lipinski definition) is 0. The average molecular weight is 725 g/mol. The topological polar surface area (TPSA) is 52.6 Å². The van der Waals surface area contributed by atoms with Gasteiger partial charge in [-0.25, -0.2) is 0 Å². The van der Waals surface area contributed by atoms with Crippen LogP contribution in [0.25, 0.3) is 0 Å². The van der Waals surface area contributed by atoms with Crippen LogP contribution in [0, 0.1) is 20.8 Å². The summed E-state index contributed by atoms with van der Waals surface area (Å²) in [6.45, 7) is 5.99. The molecule has 0 aliphatic rings. The maximum absolute atomic E-state index is 14.1. The van der Waals surface area contributed by atoms with Crippen molar-refractivity contribution in [1.82, 2.24) is 0 Å². The van der Waals surface area contributed by atoms with Gasteiger partial charge in [-0.3, -0.25) is 0 Å². The second-order valence-corrected chi connectivity index (χ2v) is 24.8. The summed E-state index contributed by atoms with van der Waals surface area (Å²) in [4.78, 5) is 28.3. The summed E-state index contributed by atoms with van der Waals surface area (Å²) < 4.78 is 15.9. The van der Waals surface area contributed by atoms with Crippen molar-refractivity contribution in [3.05, 3.63) is 161 Å². The van der Waals surface area contributed by atoms with Gasteiger partial charge >= 0.3 is 239 Å². The number of rotatable bonds is 7. The van der Waals surface area contributed by atoms with E-state index in [1.807, 2.05) is 106 Å². The van der Waals surface area contributed by atoms with E-state index in [1.54, 1.807) is 48.5 Å². The molecule has 5 aromatic rings. The van der Waals surface area contributed by atoms with Crippen LogP contribution >= 0.6 is 0 Å². The number of benzene rings is 5. The summed E-state index contributed by atoms with van der Waals surface area (Å²) in [6, 6.07) is 41.2. The summed E-state index contributed by atoms with van der Waals surface area (Å²) >= 11 is -6.20. The Morgan fingerprint density at radius 1 is 0.425 bits per heavy atom. The summed E-state index contributed by atoms with van der Waals surface area (Å²) in [5, 5.41) is 0. The Labute approximate surface area is 237 Å². The van der Waals surface area contributed by atoms with Gasteiger partial charge in [0.1, 0.15) is 0 Å². The van der Waals surface area contributed by atoms with Gasteiger partial charge in [0.2, 0.25) is 0 Å². The molecule has 0 amide bonds. The first-order valence-corrected chi connectivity index (χ1v) is 21.2. The zero-order valence-corrected chi connectivity index (χ0v) is 26.3.